The van der Waals surface area contributed by atoms with Crippen molar-refractivity contribution in [3.05, 3.63) is 36.3 Å². The number of H-pyrrole nitrogens is 1. The lowest BCUT2D eigenvalue weighted by Crippen LogP contribution is -2.05. The van der Waals surface area contributed by atoms with Crippen molar-refractivity contribution in [2.45, 2.75) is 6.54 Å². The summed E-state index contributed by atoms with van der Waals surface area (Å²) in [7, 11) is 3.88. The van der Waals surface area contributed by atoms with E-state index in [-0.39, 0.29) is 0 Å². The second-order valence-corrected chi connectivity index (χ2v) is 3.63. The zero-order chi connectivity index (χ0) is 11.4. The molecule has 0 radical (unpaired) electrons. The molecule has 0 saturated carbocycles. The number of anilines is 1. The molecular formula is C12H16N4. The van der Waals surface area contributed by atoms with E-state index in [1.807, 2.05) is 20.3 Å². The average Bonchev–Trinajstić information content (AvgIpc) is 2.83. The van der Waals surface area contributed by atoms with Crippen LogP contribution in [0.25, 0.3) is 11.3 Å². The summed E-state index contributed by atoms with van der Waals surface area (Å²) in [6.45, 7) is 0.873. The molecule has 0 atom stereocenters. The standard InChI is InChI=1S/C12H16N4/c1-13-6-9-3-4-10(11(5-9)14-2)12-7-15-8-16-12/h3-5,7-8,13-14H,6H2,1-2H3,(H,15,16). The maximum Gasteiger partial charge on any atom is 0.0924 e. The van der Waals surface area contributed by atoms with Crippen LogP contribution in [0.4, 0.5) is 5.69 Å². The number of rotatable bonds is 4. The van der Waals surface area contributed by atoms with Crippen molar-refractivity contribution in [2.75, 3.05) is 19.4 Å². The van der Waals surface area contributed by atoms with Crippen LogP contribution in [0.5, 0.6) is 0 Å². The molecule has 2 aromatic rings. The van der Waals surface area contributed by atoms with Crippen molar-refractivity contribution in [3.63, 3.8) is 0 Å². The Morgan fingerprint density at radius 2 is 2.19 bits per heavy atom. The lowest BCUT2D eigenvalue weighted by Gasteiger charge is -2.10. The van der Waals surface area contributed by atoms with Gasteiger partial charge >= 0.3 is 0 Å². The highest BCUT2D eigenvalue weighted by molar-refractivity contribution is 5.75. The van der Waals surface area contributed by atoms with Gasteiger partial charge in [-0.05, 0) is 18.7 Å². The third-order valence-corrected chi connectivity index (χ3v) is 2.52. The van der Waals surface area contributed by atoms with Gasteiger partial charge in [-0.3, -0.25) is 0 Å². The maximum atomic E-state index is 4.04. The van der Waals surface area contributed by atoms with Crippen molar-refractivity contribution in [3.8, 4) is 11.3 Å². The minimum absolute atomic E-state index is 0.873. The molecule has 0 amide bonds. The monoisotopic (exact) mass is 216 g/mol. The second kappa shape index (κ2) is 4.81. The summed E-state index contributed by atoms with van der Waals surface area (Å²) in [6, 6.07) is 6.37. The zero-order valence-corrected chi connectivity index (χ0v) is 9.54. The molecule has 4 nitrogen and oxygen atoms in total. The molecule has 3 N–H and O–H groups in total. The van der Waals surface area contributed by atoms with E-state index in [1.54, 1.807) is 6.33 Å². The minimum atomic E-state index is 0.873. The predicted octanol–water partition coefficient (Wildman–Crippen LogP) is 1.84. The number of aromatic nitrogens is 2. The molecule has 1 aromatic heterocycles. The third-order valence-electron chi connectivity index (χ3n) is 2.52. The Morgan fingerprint density at radius 3 is 2.81 bits per heavy atom. The number of benzene rings is 1. The Bertz CT molecular complexity index is 448. The fraction of sp³-hybridized carbons (Fsp3) is 0.250. The van der Waals surface area contributed by atoms with E-state index in [0.29, 0.717) is 0 Å². The number of imidazole rings is 1. The molecule has 0 aliphatic carbocycles. The minimum Gasteiger partial charge on any atom is -0.388 e. The summed E-state index contributed by atoms with van der Waals surface area (Å²) >= 11 is 0. The van der Waals surface area contributed by atoms with Gasteiger partial charge < -0.3 is 15.6 Å². The zero-order valence-electron chi connectivity index (χ0n) is 9.54. The highest BCUT2D eigenvalue weighted by Crippen LogP contribution is 2.26. The average molecular weight is 216 g/mol. The topological polar surface area (TPSA) is 52.7 Å². The molecular weight excluding hydrogens is 200 g/mol. The van der Waals surface area contributed by atoms with Gasteiger partial charge in [-0.25, -0.2) is 4.98 Å². The van der Waals surface area contributed by atoms with Crippen LogP contribution in [-0.4, -0.2) is 24.1 Å². The normalized spacial score (nSPS) is 10.4. The van der Waals surface area contributed by atoms with Gasteiger partial charge in [-0.15, -0.1) is 0 Å². The van der Waals surface area contributed by atoms with Crippen LogP contribution in [-0.2, 0) is 6.54 Å². The quantitative estimate of drug-likeness (QED) is 0.731. The van der Waals surface area contributed by atoms with Crippen molar-refractivity contribution in [1.29, 1.82) is 0 Å². The molecule has 0 aliphatic rings. The van der Waals surface area contributed by atoms with E-state index in [1.165, 1.54) is 5.56 Å². The molecule has 0 saturated heterocycles. The highest BCUT2D eigenvalue weighted by Gasteiger charge is 2.05. The lowest BCUT2D eigenvalue weighted by atomic mass is 10.1. The van der Waals surface area contributed by atoms with Gasteiger partial charge in [0.1, 0.15) is 0 Å². The maximum absolute atomic E-state index is 4.04. The number of aromatic amines is 1. The molecule has 4 heteroatoms. The molecule has 16 heavy (non-hydrogen) atoms. The third kappa shape index (κ3) is 2.06. The summed E-state index contributed by atoms with van der Waals surface area (Å²) in [6.07, 6.45) is 3.52. The second-order valence-electron chi connectivity index (χ2n) is 3.63. The van der Waals surface area contributed by atoms with Crippen molar-refractivity contribution >= 4 is 5.69 Å². The summed E-state index contributed by atoms with van der Waals surface area (Å²) in [5.41, 5.74) is 4.53. The van der Waals surface area contributed by atoms with Gasteiger partial charge in [-0.2, -0.15) is 0 Å². The molecule has 84 valence electrons. The van der Waals surface area contributed by atoms with Crippen LogP contribution in [0, 0.1) is 0 Å². The van der Waals surface area contributed by atoms with Gasteiger partial charge in [0.25, 0.3) is 0 Å². The van der Waals surface area contributed by atoms with Gasteiger partial charge in [0.15, 0.2) is 0 Å². The van der Waals surface area contributed by atoms with Gasteiger partial charge in [0.05, 0.1) is 18.2 Å². The number of hydrogen-bond donors (Lipinski definition) is 3. The Morgan fingerprint density at radius 1 is 1.31 bits per heavy atom. The van der Waals surface area contributed by atoms with Crippen LogP contribution in [0.3, 0.4) is 0 Å². The van der Waals surface area contributed by atoms with E-state index >= 15 is 0 Å². The molecule has 0 bridgehead atoms. The number of hydrogen-bond acceptors (Lipinski definition) is 3. The van der Waals surface area contributed by atoms with Crippen molar-refractivity contribution < 1.29 is 0 Å². The van der Waals surface area contributed by atoms with E-state index in [4.69, 9.17) is 0 Å². The van der Waals surface area contributed by atoms with E-state index in [2.05, 4.69) is 38.8 Å². The van der Waals surface area contributed by atoms with Gasteiger partial charge in [0.2, 0.25) is 0 Å². The SMILES string of the molecule is CNCc1ccc(-c2cnc[nH]2)c(NC)c1. The molecule has 0 spiro atoms. The Kier molecular flexibility index (Phi) is 3.22. The van der Waals surface area contributed by atoms with Crippen LogP contribution in [0.15, 0.2) is 30.7 Å². The summed E-state index contributed by atoms with van der Waals surface area (Å²) in [5, 5.41) is 6.35. The molecule has 0 fully saturated rings. The molecule has 0 aliphatic heterocycles. The van der Waals surface area contributed by atoms with Crippen molar-refractivity contribution in [1.82, 2.24) is 15.3 Å². The van der Waals surface area contributed by atoms with Crippen molar-refractivity contribution in [2.24, 2.45) is 0 Å². The largest absolute Gasteiger partial charge is 0.388 e. The lowest BCUT2D eigenvalue weighted by molar-refractivity contribution is 0.818. The molecule has 2 rings (SSSR count). The van der Waals surface area contributed by atoms with E-state index in [0.717, 1.165) is 23.5 Å². The van der Waals surface area contributed by atoms with Gasteiger partial charge in [-0.1, -0.05) is 12.1 Å². The van der Waals surface area contributed by atoms with Crippen LogP contribution in [0.1, 0.15) is 5.56 Å². The number of nitrogens with zero attached hydrogens (tertiary/aromatic N) is 1. The summed E-state index contributed by atoms with van der Waals surface area (Å²) in [5.74, 6) is 0. The first kappa shape index (κ1) is 10.7. The van der Waals surface area contributed by atoms with E-state index in [9.17, 15) is 0 Å². The fourth-order valence-corrected chi connectivity index (χ4v) is 1.75. The first-order valence-electron chi connectivity index (χ1n) is 5.29. The van der Waals surface area contributed by atoms with Crippen LogP contribution < -0.4 is 10.6 Å². The van der Waals surface area contributed by atoms with Gasteiger partial charge in [0, 0.05) is 24.8 Å². The number of nitrogens with one attached hydrogen (secondary N) is 3. The first-order valence-corrected chi connectivity index (χ1v) is 5.29. The Balaban J connectivity index is 2.39. The van der Waals surface area contributed by atoms with Crippen LogP contribution >= 0.6 is 0 Å². The smallest absolute Gasteiger partial charge is 0.0924 e. The van der Waals surface area contributed by atoms with Crippen LogP contribution in [0.2, 0.25) is 0 Å². The molecule has 1 heterocycles. The first-order chi connectivity index (χ1) is 7.85. The Hall–Kier alpha value is -1.81. The molecule has 1 aromatic carbocycles. The predicted molar refractivity (Wildman–Crippen MR) is 66.3 cm³/mol. The van der Waals surface area contributed by atoms with E-state index < -0.39 is 0 Å². The summed E-state index contributed by atoms with van der Waals surface area (Å²) in [4.78, 5) is 7.15. The fourth-order valence-electron chi connectivity index (χ4n) is 1.75. The highest BCUT2D eigenvalue weighted by atomic mass is 14.9. The molecule has 0 unspecified atom stereocenters. The summed E-state index contributed by atoms with van der Waals surface area (Å²) < 4.78 is 0. The Labute approximate surface area is 95.1 Å².